The third kappa shape index (κ3) is 5.80. The molecule has 1 N–H and O–H groups in total. The van der Waals surface area contributed by atoms with Crippen LogP contribution in [0, 0.1) is 5.92 Å². The van der Waals surface area contributed by atoms with Gasteiger partial charge < -0.3 is 5.32 Å². The number of thioether (sulfide) groups is 1. The molecule has 1 aromatic rings. The molecule has 0 fully saturated rings. The molecule has 0 amide bonds. The summed E-state index contributed by atoms with van der Waals surface area (Å²) in [6.45, 7) is 7.65. The van der Waals surface area contributed by atoms with Gasteiger partial charge in [-0.25, -0.2) is 0 Å². The summed E-state index contributed by atoms with van der Waals surface area (Å²) in [5.41, 5.74) is 1.29. The second kappa shape index (κ2) is 8.02. The summed E-state index contributed by atoms with van der Waals surface area (Å²) in [5, 5.41) is 4.34. The lowest BCUT2D eigenvalue weighted by Crippen LogP contribution is -2.23. The van der Waals surface area contributed by atoms with E-state index in [9.17, 15) is 0 Å². The van der Waals surface area contributed by atoms with Gasteiger partial charge in [0.2, 0.25) is 0 Å². The van der Waals surface area contributed by atoms with Gasteiger partial charge in [-0.15, -0.1) is 0 Å². The van der Waals surface area contributed by atoms with Crippen LogP contribution < -0.4 is 5.32 Å². The summed E-state index contributed by atoms with van der Waals surface area (Å²) in [4.78, 5) is 0. The minimum Gasteiger partial charge on any atom is -0.310 e. The molecular weight excluding hydrogens is 250 g/mol. The topological polar surface area (TPSA) is 12.0 Å². The van der Waals surface area contributed by atoms with Gasteiger partial charge in [-0.05, 0) is 35.9 Å². The Bertz CT molecular complexity index is 328. The highest BCUT2D eigenvalue weighted by Gasteiger charge is 2.10. The van der Waals surface area contributed by atoms with Crippen LogP contribution in [0.25, 0.3) is 0 Å². The first-order chi connectivity index (χ1) is 8.13. The zero-order valence-electron chi connectivity index (χ0n) is 10.9. The van der Waals surface area contributed by atoms with Crippen LogP contribution >= 0.6 is 23.4 Å². The van der Waals surface area contributed by atoms with E-state index >= 15 is 0 Å². The lowest BCUT2D eigenvalue weighted by molar-refractivity contribution is 0.605. The number of hydrogen-bond acceptors (Lipinski definition) is 2. The molecule has 0 aromatic heterocycles. The minimum absolute atomic E-state index is 0.405. The maximum Gasteiger partial charge on any atom is 0.0412 e. The highest BCUT2D eigenvalue weighted by Crippen LogP contribution is 2.22. The van der Waals surface area contributed by atoms with Gasteiger partial charge in [-0.2, -0.15) is 11.8 Å². The fourth-order valence-corrected chi connectivity index (χ4v) is 3.02. The molecule has 1 unspecified atom stereocenters. The fourth-order valence-electron chi connectivity index (χ4n) is 1.66. The monoisotopic (exact) mass is 271 g/mol. The van der Waals surface area contributed by atoms with E-state index in [1.54, 1.807) is 0 Å². The van der Waals surface area contributed by atoms with Crippen LogP contribution in [0.2, 0.25) is 5.02 Å². The number of rotatable bonds is 7. The minimum atomic E-state index is 0.405. The largest absolute Gasteiger partial charge is 0.310 e. The van der Waals surface area contributed by atoms with Crippen molar-refractivity contribution in [2.75, 3.05) is 18.1 Å². The number of nitrogens with one attached hydrogen (secondary N) is 1. The van der Waals surface area contributed by atoms with Crippen molar-refractivity contribution in [2.24, 2.45) is 5.92 Å². The number of benzene rings is 1. The second-order valence-corrected chi connectivity index (χ2v) is 6.11. The van der Waals surface area contributed by atoms with E-state index in [0.717, 1.165) is 23.2 Å². The Hall–Kier alpha value is -0.180. The molecule has 0 heterocycles. The summed E-state index contributed by atoms with van der Waals surface area (Å²) in [6.07, 6.45) is 0. The maximum atomic E-state index is 6.04. The predicted molar refractivity (Wildman–Crippen MR) is 80.0 cm³/mol. The molecule has 0 bridgehead atoms. The van der Waals surface area contributed by atoms with Crippen molar-refractivity contribution in [3.05, 3.63) is 34.9 Å². The average Bonchev–Trinajstić information content (AvgIpc) is 2.27. The molecule has 0 saturated heterocycles. The third-order valence-corrected chi connectivity index (χ3v) is 4.14. The molecule has 3 heteroatoms. The Morgan fingerprint density at radius 3 is 2.65 bits per heavy atom. The molecule has 0 aliphatic carbocycles. The van der Waals surface area contributed by atoms with Crippen molar-refractivity contribution in [3.63, 3.8) is 0 Å². The summed E-state index contributed by atoms with van der Waals surface area (Å²) in [6, 6.07) is 8.56. The molecular formula is C14H22ClNS. The van der Waals surface area contributed by atoms with Crippen LogP contribution in [0.15, 0.2) is 24.3 Å². The first kappa shape index (κ1) is 14.9. The first-order valence-corrected chi connectivity index (χ1v) is 7.73. The van der Waals surface area contributed by atoms with Crippen molar-refractivity contribution in [1.29, 1.82) is 0 Å². The van der Waals surface area contributed by atoms with E-state index in [1.807, 2.05) is 23.9 Å². The summed E-state index contributed by atoms with van der Waals surface area (Å²) >= 11 is 8.04. The molecule has 0 aliphatic rings. The van der Waals surface area contributed by atoms with Crippen LogP contribution in [0.5, 0.6) is 0 Å². The second-order valence-electron chi connectivity index (χ2n) is 4.60. The first-order valence-electron chi connectivity index (χ1n) is 6.20. The van der Waals surface area contributed by atoms with Gasteiger partial charge in [0.1, 0.15) is 0 Å². The number of halogens is 1. The van der Waals surface area contributed by atoms with E-state index < -0.39 is 0 Å². The molecule has 96 valence electrons. The van der Waals surface area contributed by atoms with Gasteiger partial charge >= 0.3 is 0 Å². The molecule has 0 aliphatic heterocycles. The van der Waals surface area contributed by atoms with Crippen molar-refractivity contribution in [2.45, 2.75) is 26.8 Å². The van der Waals surface area contributed by atoms with Crippen molar-refractivity contribution in [1.82, 2.24) is 5.32 Å². The Morgan fingerprint density at radius 2 is 2.06 bits per heavy atom. The van der Waals surface area contributed by atoms with Gasteiger partial charge in [-0.3, -0.25) is 0 Å². The van der Waals surface area contributed by atoms with Crippen LogP contribution in [0.3, 0.4) is 0 Å². The SMILES string of the molecule is CCNC(CSCC(C)C)c1cccc(Cl)c1. The molecule has 0 spiro atoms. The summed E-state index contributed by atoms with van der Waals surface area (Å²) < 4.78 is 0. The molecule has 0 radical (unpaired) electrons. The summed E-state index contributed by atoms with van der Waals surface area (Å²) in [5.74, 6) is 3.07. The molecule has 1 rings (SSSR count). The van der Waals surface area contributed by atoms with E-state index in [4.69, 9.17) is 11.6 Å². The van der Waals surface area contributed by atoms with Crippen molar-refractivity contribution in [3.8, 4) is 0 Å². The Labute approximate surface area is 114 Å². The molecule has 1 aromatic carbocycles. The van der Waals surface area contributed by atoms with E-state index in [2.05, 4.69) is 38.2 Å². The Balaban J connectivity index is 2.58. The molecule has 1 nitrogen and oxygen atoms in total. The van der Waals surface area contributed by atoms with Gasteiger partial charge in [0.15, 0.2) is 0 Å². The van der Waals surface area contributed by atoms with Gasteiger partial charge in [0.25, 0.3) is 0 Å². The molecule has 0 saturated carbocycles. The van der Waals surface area contributed by atoms with E-state index in [-0.39, 0.29) is 0 Å². The van der Waals surface area contributed by atoms with Crippen LogP contribution in [0.4, 0.5) is 0 Å². The lowest BCUT2D eigenvalue weighted by Gasteiger charge is -2.18. The van der Waals surface area contributed by atoms with E-state index in [0.29, 0.717) is 6.04 Å². The highest BCUT2D eigenvalue weighted by atomic mass is 35.5. The zero-order chi connectivity index (χ0) is 12.7. The average molecular weight is 272 g/mol. The smallest absolute Gasteiger partial charge is 0.0412 e. The van der Waals surface area contributed by atoms with E-state index in [1.165, 1.54) is 11.3 Å². The number of hydrogen-bond donors (Lipinski definition) is 1. The maximum absolute atomic E-state index is 6.04. The van der Waals surface area contributed by atoms with Crippen molar-refractivity contribution < 1.29 is 0 Å². The summed E-state index contributed by atoms with van der Waals surface area (Å²) in [7, 11) is 0. The Morgan fingerprint density at radius 1 is 1.29 bits per heavy atom. The standard InChI is InChI=1S/C14H22ClNS/c1-4-16-14(10-17-9-11(2)3)12-6-5-7-13(15)8-12/h5-8,11,14,16H,4,9-10H2,1-3H3. The fraction of sp³-hybridized carbons (Fsp3) is 0.571. The van der Waals surface area contributed by atoms with Crippen molar-refractivity contribution >= 4 is 23.4 Å². The predicted octanol–water partition coefficient (Wildman–Crippen LogP) is 4.38. The lowest BCUT2D eigenvalue weighted by atomic mass is 10.1. The normalized spacial score (nSPS) is 13.0. The quantitative estimate of drug-likeness (QED) is 0.790. The van der Waals surface area contributed by atoms with Gasteiger partial charge in [-0.1, -0.05) is 44.5 Å². The molecule has 17 heavy (non-hydrogen) atoms. The highest BCUT2D eigenvalue weighted by molar-refractivity contribution is 7.99. The van der Waals surface area contributed by atoms with Crippen LogP contribution in [0.1, 0.15) is 32.4 Å². The van der Waals surface area contributed by atoms with Gasteiger partial charge in [0.05, 0.1) is 0 Å². The third-order valence-electron chi connectivity index (χ3n) is 2.44. The van der Waals surface area contributed by atoms with Crippen LogP contribution in [-0.4, -0.2) is 18.1 Å². The Kier molecular flexibility index (Phi) is 7.02. The molecule has 1 atom stereocenters. The zero-order valence-corrected chi connectivity index (χ0v) is 12.4. The van der Waals surface area contributed by atoms with Crippen LogP contribution in [-0.2, 0) is 0 Å². The van der Waals surface area contributed by atoms with Gasteiger partial charge in [0, 0.05) is 16.8 Å².